The Morgan fingerprint density at radius 2 is 2.14 bits per heavy atom. The molecule has 0 bridgehead atoms. The lowest BCUT2D eigenvalue weighted by atomic mass is 9.88. The van der Waals surface area contributed by atoms with E-state index in [0.717, 1.165) is 31.4 Å². The molecule has 1 aromatic rings. The monoisotopic (exact) mass is 311 g/mol. The van der Waals surface area contributed by atoms with Crippen LogP contribution in [-0.4, -0.2) is 26.0 Å². The van der Waals surface area contributed by atoms with Crippen LogP contribution >= 0.6 is 0 Å². The summed E-state index contributed by atoms with van der Waals surface area (Å²) in [6, 6.07) is 3.44. The predicted octanol–water partition coefficient (Wildman–Crippen LogP) is 2.05. The number of rotatable bonds is 6. The van der Waals surface area contributed by atoms with E-state index in [9.17, 15) is 8.42 Å². The molecule has 5 nitrogen and oxygen atoms in total. The Kier molecular flexibility index (Phi) is 5.72. The van der Waals surface area contributed by atoms with Gasteiger partial charge in [-0.15, -0.1) is 0 Å². The molecule has 6 heteroatoms. The van der Waals surface area contributed by atoms with Gasteiger partial charge >= 0.3 is 0 Å². The highest BCUT2D eigenvalue weighted by Crippen LogP contribution is 2.24. The summed E-state index contributed by atoms with van der Waals surface area (Å²) in [4.78, 5) is 4.10. The third-order valence-electron chi connectivity index (χ3n) is 3.91. The molecule has 1 fully saturated rings. The SMILES string of the molecule is CCNCc1ccc(S(=O)(=O)NC2CCCC(C)C2)nc1. The Balaban J connectivity index is 2.01. The van der Waals surface area contributed by atoms with Crippen molar-refractivity contribution in [1.29, 1.82) is 0 Å². The van der Waals surface area contributed by atoms with Crippen LogP contribution in [0, 0.1) is 5.92 Å². The van der Waals surface area contributed by atoms with E-state index in [0.29, 0.717) is 12.5 Å². The van der Waals surface area contributed by atoms with Crippen LogP contribution in [0.5, 0.6) is 0 Å². The van der Waals surface area contributed by atoms with Crippen LogP contribution in [0.25, 0.3) is 0 Å². The fraction of sp³-hybridized carbons (Fsp3) is 0.667. The molecule has 2 atom stereocenters. The minimum absolute atomic E-state index is 0.0435. The summed E-state index contributed by atoms with van der Waals surface area (Å²) in [5.74, 6) is 0.585. The van der Waals surface area contributed by atoms with Crippen molar-refractivity contribution in [2.24, 2.45) is 5.92 Å². The van der Waals surface area contributed by atoms with Crippen molar-refractivity contribution in [3.63, 3.8) is 0 Å². The van der Waals surface area contributed by atoms with Crippen LogP contribution in [0.4, 0.5) is 0 Å². The van der Waals surface area contributed by atoms with Gasteiger partial charge in [0, 0.05) is 18.8 Å². The lowest BCUT2D eigenvalue weighted by Crippen LogP contribution is -2.38. The summed E-state index contributed by atoms with van der Waals surface area (Å²) in [6.45, 7) is 5.79. The van der Waals surface area contributed by atoms with Gasteiger partial charge in [0.05, 0.1) is 0 Å². The molecule has 1 heterocycles. The fourth-order valence-corrected chi connectivity index (χ4v) is 3.98. The molecular formula is C15H25N3O2S. The van der Waals surface area contributed by atoms with Gasteiger partial charge in [-0.2, -0.15) is 0 Å². The van der Waals surface area contributed by atoms with Crippen LogP contribution in [0.1, 0.15) is 45.1 Å². The van der Waals surface area contributed by atoms with Crippen molar-refractivity contribution in [3.8, 4) is 0 Å². The van der Waals surface area contributed by atoms with E-state index in [1.807, 2.05) is 13.0 Å². The van der Waals surface area contributed by atoms with Gasteiger partial charge in [-0.1, -0.05) is 32.8 Å². The smallest absolute Gasteiger partial charge is 0.258 e. The highest BCUT2D eigenvalue weighted by molar-refractivity contribution is 7.89. The number of nitrogens with one attached hydrogen (secondary N) is 2. The zero-order valence-corrected chi connectivity index (χ0v) is 13.6. The maximum atomic E-state index is 12.3. The van der Waals surface area contributed by atoms with Crippen molar-refractivity contribution in [1.82, 2.24) is 15.0 Å². The van der Waals surface area contributed by atoms with Crippen molar-refractivity contribution in [2.45, 2.75) is 57.1 Å². The molecule has 1 saturated carbocycles. The summed E-state index contributed by atoms with van der Waals surface area (Å²) in [7, 11) is -3.50. The summed E-state index contributed by atoms with van der Waals surface area (Å²) < 4.78 is 27.5. The van der Waals surface area contributed by atoms with Gasteiger partial charge < -0.3 is 5.32 Å². The number of hydrogen-bond donors (Lipinski definition) is 2. The molecule has 1 aromatic heterocycles. The molecule has 0 aliphatic heterocycles. The first-order valence-electron chi connectivity index (χ1n) is 7.69. The lowest BCUT2D eigenvalue weighted by Gasteiger charge is -2.27. The minimum Gasteiger partial charge on any atom is -0.313 e. The largest absolute Gasteiger partial charge is 0.313 e. The Morgan fingerprint density at radius 3 is 2.76 bits per heavy atom. The standard InChI is InChI=1S/C15H25N3O2S/c1-3-16-10-13-7-8-15(17-11-13)21(19,20)18-14-6-4-5-12(2)9-14/h7-8,11-12,14,16,18H,3-6,9-10H2,1-2H3. The summed E-state index contributed by atoms with van der Waals surface area (Å²) in [5, 5.41) is 3.30. The molecule has 0 spiro atoms. The number of hydrogen-bond acceptors (Lipinski definition) is 4. The predicted molar refractivity (Wildman–Crippen MR) is 83.4 cm³/mol. The maximum Gasteiger partial charge on any atom is 0.258 e. The number of sulfonamides is 1. The van der Waals surface area contributed by atoms with Crippen LogP contribution < -0.4 is 10.0 Å². The van der Waals surface area contributed by atoms with E-state index < -0.39 is 10.0 Å². The van der Waals surface area contributed by atoms with E-state index >= 15 is 0 Å². The Hall–Kier alpha value is -0.980. The molecule has 21 heavy (non-hydrogen) atoms. The van der Waals surface area contributed by atoms with Crippen molar-refractivity contribution in [2.75, 3.05) is 6.54 Å². The van der Waals surface area contributed by atoms with Gasteiger partial charge in [0.15, 0.2) is 5.03 Å². The fourth-order valence-electron chi connectivity index (χ4n) is 2.76. The summed E-state index contributed by atoms with van der Waals surface area (Å²) in [5.41, 5.74) is 0.988. The third kappa shape index (κ3) is 4.76. The molecule has 2 rings (SSSR count). The molecule has 1 aliphatic carbocycles. The normalized spacial score (nSPS) is 23.1. The van der Waals surface area contributed by atoms with Crippen LogP contribution in [-0.2, 0) is 16.6 Å². The van der Waals surface area contributed by atoms with Gasteiger partial charge in [0.2, 0.25) is 0 Å². The van der Waals surface area contributed by atoms with Crippen LogP contribution in [0.15, 0.2) is 23.4 Å². The topological polar surface area (TPSA) is 71.1 Å². The molecule has 0 aromatic carbocycles. The number of nitrogens with zero attached hydrogens (tertiary/aromatic N) is 1. The first kappa shape index (κ1) is 16.4. The molecule has 2 unspecified atom stereocenters. The van der Waals surface area contributed by atoms with Gasteiger partial charge in [0.1, 0.15) is 0 Å². The molecule has 0 amide bonds. The van der Waals surface area contributed by atoms with Gasteiger partial charge in [-0.3, -0.25) is 0 Å². The third-order valence-corrected chi connectivity index (χ3v) is 5.35. The van der Waals surface area contributed by atoms with E-state index in [2.05, 4.69) is 21.9 Å². The summed E-state index contributed by atoms with van der Waals surface area (Å²) >= 11 is 0. The average molecular weight is 311 g/mol. The Bertz CT molecular complexity index is 543. The van der Waals surface area contributed by atoms with Gasteiger partial charge in [-0.05, 0) is 36.9 Å². The number of pyridine rings is 1. The van der Waals surface area contributed by atoms with Gasteiger partial charge in [-0.25, -0.2) is 18.1 Å². The van der Waals surface area contributed by atoms with Crippen molar-refractivity contribution < 1.29 is 8.42 Å². The molecule has 118 valence electrons. The Labute approximate surface area is 127 Å². The zero-order valence-electron chi connectivity index (χ0n) is 12.8. The van der Waals surface area contributed by atoms with Crippen molar-refractivity contribution in [3.05, 3.63) is 23.9 Å². The highest BCUT2D eigenvalue weighted by atomic mass is 32.2. The van der Waals surface area contributed by atoms with E-state index in [1.54, 1.807) is 12.3 Å². The summed E-state index contributed by atoms with van der Waals surface area (Å²) in [6.07, 6.45) is 5.74. The lowest BCUT2D eigenvalue weighted by molar-refractivity contribution is 0.327. The quantitative estimate of drug-likeness (QED) is 0.843. The van der Waals surface area contributed by atoms with E-state index in [1.165, 1.54) is 6.42 Å². The van der Waals surface area contributed by atoms with Crippen LogP contribution in [0.2, 0.25) is 0 Å². The van der Waals surface area contributed by atoms with E-state index in [4.69, 9.17) is 0 Å². The Morgan fingerprint density at radius 1 is 1.33 bits per heavy atom. The molecule has 1 aliphatic rings. The first-order chi connectivity index (χ1) is 10.0. The highest BCUT2D eigenvalue weighted by Gasteiger charge is 2.25. The molecule has 0 radical (unpaired) electrons. The second-order valence-corrected chi connectivity index (χ2v) is 7.54. The second kappa shape index (κ2) is 7.33. The van der Waals surface area contributed by atoms with E-state index in [-0.39, 0.29) is 11.1 Å². The molecule has 0 saturated heterocycles. The second-order valence-electron chi connectivity index (χ2n) is 5.88. The average Bonchev–Trinajstić information content (AvgIpc) is 2.45. The number of aromatic nitrogens is 1. The zero-order chi connectivity index (χ0) is 15.3. The van der Waals surface area contributed by atoms with Crippen molar-refractivity contribution >= 4 is 10.0 Å². The van der Waals surface area contributed by atoms with Crippen LogP contribution in [0.3, 0.4) is 0 Å². The minimum atomic E-state index is -3.50. The molecule has 2 N–H and O–H groups in total. The molecular weight excluding hydrogens is 286 g/mol. The van der Waals surface area contributed by atoms with Gasteiger partial charge in [0.25, 0.3) is 10.0 Å². The maximum absolute atomic E-state index is 12.3. The first-order valence-corrected chi connectivity index (χ1v) is 9.17.